The molecule has 1 aliphatic rings. The average Bonchev–Trinajstić information content (AvgIpc) is 2.52. The first-order valence-electron chi connectivity index (χ1n) is 8.38. The fourth-order valence-electron chi connectivity index (χ4n) is 3.14. The van der Waals surface area contributed by atoms with Crippen molar-refractivity contribution in [3.63, 3.8) is 0 Å². The Balaban J connectivity index is 1.78. The van der Waals surface area contributed by atoms with Crippen molar-refractivity contribution >= 4 is 0 Å². The van der Waals surface area contributed by atoms with Crippen LogP contribution in [0.2, 0.25) is 0 Å². The third kappa shape index (κ3) is 5.59. The molecule has 1 aromatic rings. The lowest BCUT2D eigenvalue weighted by molar-refractivity contribution is 0.163. The highest BCUT2D eigenvalue weighted by atomic mass is 16.5. The number of likely N-dealkylation sites (N-methyl/N-ethyl adjacent to an activating group) is 1. The molecule has 0 radical (unpaired) electrons. The van der Waals surface area contributed by atoms with Crippen LogP contribution in [0.25, 0.3) is 0 Å². The zero-order valence-electron chi connectivity index (χ0n) is 14.3. The molecule has 0 spiro atoms. The third-order valence-corrected chi connectivity index (χ3v) is 4.36. The number of methoxy groups -OCH3 is 1. The van der Waals surface area contributed by atoms with Crippen LogP contribution in [0.15, 0.2) is 24.3 Å². The minimum absolute atomic E-state index is 0.769. The number of hydrogen-bond donors (Lipinski definition) is 1. The van der Waals surface area contributed by atoms with Gasteiger partial charge in [0, 0.05) is 31.7 Å². The molecule has 1 N–H and O–H groups in total. The number of benzene rings is 1. The summed E-state index contributed by atoms with van der Waals surface area (Å²) in [7, 11) is 6.00. The maximum Gasteiger partial charge on any atom is 0.123 e. The fraction of sp³-hybridized carbons (Fsp3) is 0.667. The fourth-order valence-corrected chi connectivity index (χ4v) is 3.14. The number of ether oxygens (including phenoxy) is 1. The second kappa shape index (κ2) is 9.13. The van der Waals surface area contributed by atoms with Crippen LogP contribution in [0.4, 0.5) is 0 Å². The van der Waals surface area contributed by atoms with E-state index in [2.05, 4.69) is 47.4 Å². The summed E-state index contributed by atoms with van der Waals surface area (Å²) < 4.78 is 5.47. The SMILES string of the molecule is COc1ccccc1CN1CCCC(CNCCN(C)C)C1. The normalized spacial score (nSPS) is 19.5. The quantitative estimate of drug-likeness (QED) is 0.744. The smallest absolute Gasteiger partial charge is 0.123 e. The van der Waals surface area contributed by atoms with Gasteiger partial charge in [-0.15, -0.1) is 0 Å². The van der Waals surface area contributed by atoms with Gasteiger partial charge < -0.3 is 15.0 Å². The van der Waals surface area contributed by atoms with Gasteiger partial charge in [0.15, 0.2) is 0 Å². The van der Waals surface area contributed by atoms with Crippen LogP contribution in [0.5, 0.6) is 5.75 Å². The van der Waals surface area contributed by atoms with E-state index in [4.69, 9.17) is 4.74 Å². The second-order valence-corrected chi connectivity index (χ2v) is 6.56. The van der Waals surface area contributed by atoms with Crippen LogP contribution in [0.3, 0.4) is 0 Å². The Morgan fingerprint density at radius 2 is 2.14 bits per heavy atom. The molecule has 2 rings (SSSR count). The van der Waals surface area contributed by atoms with Crippen molar-refractivity contribution in [2.24, 2.45) is 5.92 Å². The van der Waals surface area contributed by atoms with Crippen molar-refractivity contribution in [1.82, 2.24) is 15.1 Å². The van der Waals surface area contributed by atoms with Crippen molar-refractivity contribution in [2.45, 2.75) is 19.4 Å². The molecule has 1 aromatic carbocycles. The van der Waals surface area contributed by atoms with Crippen molar-refractivity contribution < 1.29 is 4.74 Å². The van der Waals surface area contributed by atoms with E-state index in [9.17, 15) is 0 Å². The third-order valence-electron chi connectivity index (χ3n) is 4.36. The Hall–Kier alpha value is -1.10. The van der Waals surface area contributed by atoms with E-state index in [0.29, 0.717) is 0 Å². The van der Waals surface area contributed by atoms with Gasteiger partial charge in [-0.25, -0.2) is 0 Å². The van der Waals surface area contributed by atoms with Gasteiger partial charge in [0.1, 0.15) is 5.75 Å². The van der Waals surface area contributed by atoms with E-state index < -0.39 is 0 Å². The molecule has 124 valence electrons. The van der Waals surface area contributed by atoms with Crippen LogP contribution in [-0.4, -0.2) is 63.7 Å². The maximum absolute atomic E-state index is 5.47. The Morgan fingerprint density at radius 3 is 2.91 bits per heavy atom. The van der Waals surface area contributed by atoms with Gasteiger partial charge in [0.25, 0.3) is 0 Å². The van der Waals surface area contributed by atoms with Gasteiger partial charge in [-0.1, -0.05) is 18.2 Å². The minimum Gasteiger partial charge on any atom is -0.496 e. The number of piperidine rings is 1. The van der Waals surface area contributed by atoms with E-state index in [1.807, 2.05) is 6.07 Å². The molecule has 1 heterocycles. The highest BCUT2D eigenvalue weighted by Crippen LogP contribution is 2.23. The van der Waals surface area contributed by atoms with E-state index in [0.717, 1.165) is 37.8 Å². The molecule has 0 aliphatic carbocycles. The molecule has 4 nitrogen and oxygen atoms in total. The Morgan fingerprint density at radius 1 is 1.32 bits per heavy atom. The largest absolute Gasteiger partial charge is 0.496 e. The molecule has 0 bridgehead atoms. The summed E-state index contributed by atoms with van der Waals surface area (Å²) in [6, 6.07) is 8.37. The molecule has 0 saturated carbocycles. The van der Waals surface area contributed by atoms with Crippen LogP contribution >= 0.6 is 0 Å². The summed E-state index contributed by atoms with van der Waals surface area (Å²) in [6.45, 7) is 6.71. The highest BCUT2D eigenvalue weighted by molar-refractivity contribution is 5.33. The molecule has 22 heavy (non-hydrogen) atoms. The minimum atomic E-state index is 0.769. The van der Waals surface area contributed by atoms with Crippen LogP contribution < -0.4 is 10.1 Å². The number of nitrogens with zero attached hydrogens (tertiary/aromatic N) is 2. The summed E-state index contributed by atoms with van der Waals surface area (Å²) in [5.74, 6) is 1.78. The van der Waals surface area contributed by atoms with Crippen molar-refractivity contribution in [1.29, 1.82) is 0 Å². The molecule has 1 fully saturated rings. The summed E-state index contributed by atoms with van der Waals surface area (Å²) >= 11 is 0. The first-order valence-corrected chi connectivity index (χ1v) is 8.38. The van der Waals surface area contributed by atoms with E-state index >= 15 is 0 Å². The Labute approximate surface area is 135 Å². The molecule has 0 amide bonds. The lowest BCUT2D eigenvalue weighted by Crippen LogP contribution is -2.40. The summed E-state index contributed by atoms with van der Waals surface area (Å²) in [4.78, 5) is 4.79. The number of rotatable bonds is 8. The van der Waals surface area contributed by atoms with Crippen molar-refractivity contribution in [3.8, 4) is 5.75 Å². The van der Waals surface area contributed by atoms with Crippen LogP contribution in [0, 0.1) is 5.92 Å². The molecule has 1 atom stereocenters. The highest BCUT2D eigenvalue weighted by Gasteiger charge is 2.20. The zero-order chi connectivity index (χ0) is 15.8. The molecule has 1 saturated heterocycles. The predicted molar refractivity (Wildman–Crippen MR) is 92.4 cm³/mol. The van der Waals surface area contributed by atoms with Crippen molar-refractivity contribution in [2.75, 3.05) is 53.9 Å². The number of para-hydroxylation sites is 1. The summed E-state index contributed by atoms with van der Waals surface area (Å²) in [5, 5.41) is 3.60. The van der Waals surface area contributed by atoms with Gasteiger partial charge in [-0.3, -0.25) is 4.90 Å². The first-order chi connectivity index (χ1) is 10.7. The van der Waals surface area contributed by atoms with Gasteiger partial charge in [-0.2, -0.15) is 0 Å². The van der Waals surface area contributed by atoms with E-state index in [1.54, 1.807) is 7.11 Å². The molecular weight excluding hydrogens is 274 g/mol. The standard InChI is InChI=1S/C18H31N3O/c1-20(2)12-10-19-13-16-7-6-11-21(14-16)15-17-8-4-5-9-18(17)22-3/h4-5,8-9,16,19H,6-7,10-15H2,1-3H3. The lowest BCUT2D eigenvalue weighted by Gasteiger charge is -2.33. The molecule has 1 unspecified atom stereocenters. The monoisotopic (exact) mass is 305 g/mol. The molecule has 0 aromatic heterocycles. The van der Waals surface area contributed by atoms with Crippen molar-refractivity contribution in [3.05, 3.63) is 29.8 Å². The predicted octanol–water partition coefficient (Wildman–Crippen LogP) is 2.06. The first kappa shape index (κ1) is 17.3. The average molecular weight is 305 g/mol. The summed E-state index contributed by atoms with van der Waals surface area (Å²) in [5.41, 5.74) is 1.30. The number of hydrogen-bond acceptors (Lipinski definition) is 4. The molecule has 1 aliphatic heterocycles. The number of nitrogens with one attached hydrogen (secondary N) is 1. The molecule has 4 heteroatoms. The molecular formula is C18H31N3O. The van der Waals surface area contributed by atoms with Gasteiger partial charge >= 0.3 is 0 Å². The topological polar surface area (TPSA) is 27.7 Å². The Kier molecular flexibility index (Phi) is 7.16. The van der Waals surface area contributed by atoms with Gasteiger partial charge in [0.2, 0.25) is 0 Å². The second-order valence-electron chi connectivity index (χ2n) is 6.56. The van der Waals surface area contributed by atoms with E-state index in [1.165, 1.54) is 31.5 Å². The number of likely N-dealkylation sites (tertiary alicyclic amines) is 1. The summed E-state index contributed by atoms with van der Waals surface area (Å²) in [6.07, 6.45) is 2.65. The van der Waals surface area contributed by atoms with Crippen LogP contribution in [0.1, 0.15) is 18.4 Å². The van der Waals surface area contributed by atoms with Crippen LogP contribution in [-0.2, 0) is 6.54 Å². The lowest BCUT2D eigenvalue weighted by atomic mass is 9.97. The van der Waals surface area contributed by atoms with Gasteiger partial charge in [-0.05, 0) is 52.0 Å². The maximum atomic E-state index is 5.47. The zero-order valence-corrected chi connectivity index (χ0v) is 14.3. The van der Waals surface area contributed by atoms with E-state index in [-0.39, 0.29) is 0 Å². The Bertz CT molecular complexity index is 436. The van der Waals surface area contributed by atoms with Gasteiger partial charge in [0.05, 0.1) is 7.11 Å².